The van der Waals surface area contributed by atoms with Crippen LogP contribution in [0.4, 0.5) is 5.69 Å². The molecule has 3 aromatic rings. The molecular formula is C21H19N3O5S. The Balaban J connectivity index is 1.50. The van der Waals surface area contributed by atoms with Crippen LogP contribution in [0.15, 0.2) is 65.8 Å². The quantitative estimate of drug-likeness (QED) is 0.483. The number of anilines is 1. The van der Waals surface area contributed by atoms with Gasteiger partial charge >= 0.3 is 0 Å². The Morgan fingerprint density at radius 3 is 2.70 bits per heavy atom. The number of benzene rings is 3. The first kappa shape index (κ1) is 19.7. The molecule has 9 heteroatoms. The van der Waals surface area contributed by atoms with E-state index in [1.165, 1.54) is 6.21 Å². The third kappa shape index (κ3) is 4.20. The summed E-state index contributed by atoms with van der Waals surface area (Å²) in [4.78, 5) is 12.4. The highest BCUT2D eigenvalue weighted by Crippen LogP contribution is 2.32. The summed E-state index contributed by atoms with van der Waals surface area (Å²) in [6.45, 7) is -0.229. The van der Waals surface area contributed by atoms with Crippen LogP contribution in [0.1, 0.15) is 5.56 Å². The average Bonchev–Trinajstić information content (AvgIpc) is 3.19. The van der Waals surface area contributed by atoms with Crippen LogP contribution in [0.5, 0.6) is 11.5 Å². The van der Waals surface area contributed by atoms with Crippen molar-refractivity contribution in [1.29, 1.82) is 0 Å². The molecule has 1 heterocycles. The largest absolute Gasteiger partial charge is 0.454 e. The number of hydrogen-bond acceptors (Lipinski definition) is 6. The van der Waals surface area contributed by atoms with Crippen LogP contribution < -0.4 is 19.2 Å². The van der Waals surface area contributed by atoms with E-state index in [1.54, 1.807) is 30.3 Å². The van der Waals surface area contributed by atoms with Crippen LogP contribution >= 0.6 is 0 Å². The summed E-state index contributed by atoms with van der Waals surface area (Å²) in [5.74, 6) is 0.685. The van der Waals surface area contributed by atoms with Gasteiger partial charge < -0.3 is 9.47 Å². The van der Waals surface area contributed by atoms with Crippen LogP contribution in [-0.2, 0) is 14.8 Å². The van der Waals surface area contributed by atoms with Crippen LogP contribution in [0.3, 0.4) is 0 Å². The van der Waals surface area contributed by atoms with Crippen molar-refractivity contribution in [2.75, 3.05) is 23.9 Å². The first-order valence-electron chi connectivity index (χ1n) is 9.09. The van der Waals surface area contributed by atoms with Crippen molar-refractivity contribution in [1.82, 2.24) is 5.43 Å². The molecule has 0 spiro atoms. The number of sulfonamides is 1. The molecule has 0 aliphatic carbocycles. The molecule has 0 saturated carbocycles. The van der Waals surface area contributed by atoms with Gasteiger partial charge in [-0.2, -0.15) is 5.10 Å². The van der Waals surface area contributed by atoms with Gasteiger partial charge in [0.25, 0.3) is 5.91 Å². The minimum atomic E-state index is -3.70. The summed E-state index contributed by atoms with van der Waals surface area (Å²) < 4.78 is 36.4. The van der Waals surface area contributed by atoms with Crippen molar-refractivity contribution in [3.05, 3.63) is 66.2 Å². The summed E-state index contributed by atoms with van der Waals surface area (Å²) in [5, 5.41) is 5.53. The summed E-state index contributed by atoms with van der Waals surface area (Å²) in [5.41, 5.74) is 3.51. The molecule has 0 aromatic heterocycles. The van der Waals surface area contributed by atoms with Crippen LogP contribution in [-0.4, -0.2) is 40.1 Å². The number of ether oxygens (including phenoxy) is 2. The zero-order valence-corrected chi connectivity index (χ0v) is 16.9. The zero-order chi connectivity index (χ0) is 21.1. The van der Waals surface area contributed by atoms with Crippen LogP contribution in [0.25, 0.3) is 10.8 Å². The van der Waals surface area contributed by atoms with Gasteiger partial charge in [0.05, 0.1) is 18.2 Å². The van der Waals surface area contributed by atoms with Gasteiger partial charge in [0, 0.05) is 5.39 Å². The van der Waals surface area contributed by atoms with E-state index in [4.69, 9.17) is 9.47 Å². The number of carbonyl (C=O) groups excluding carboxylic acids is 1. The maximum Gasteiger partial charge on any atom is 0.260 e. The number of fused-ring (bicyclic) bond motifs is 2. The highest BCUT2D eigenvalue weighted by molar-refractivity contribution is 7.92. The van der Waals surface area contributed by atoms with E-state index in [0.29, 0.717) is 22.7 Å². The van der Waals surface area contributed by atoms with E-state index in [-0.39, 0.29) is 6.79 Å². The van der Waals surface area contributed by atoms with Gasteiger partial charge in [0.15, 0.2) is 11.5 Å². The van der Waals surface area contributed by atoms with Crippen molar-refractivity contribution >= 4 is 38.6 Å². The molecule has 0 bridgehead atoms. The number of carbonyl (C=O) groups is 1. The molecule has 1 aliphatic rings. The molecule has 1 amide bonds. The Kier molecular flexibility index (Phi) is 5.28. The van der Waals surface area contributed by atoms with Gasteiger partial charge in [-0.1, -0.05) is 36.4 Å². The summed E-state index contributed by atoms with van der Waals surface area (Å²) in [6.07, 6.45) is 2.51. The lowest BCUT2D eigenvalue weighted by atomic mass is 10.1. The number of hydrogen-bond donors (Lipinski definition) is 1. The topological polar surface area (TPSA) is 97.3 Å². The molecule has 0 radical (unpaired) electrons. The molecule has 30 heavy (non-hydrogen) atoms. The van der Waals surface area contributed by atoms with E-state index in [2.05, 4.69) is 10.5 Å². The first-order valence-corrected chi connectivity index (χ1v) is 10.9. The van der Waals surface area contributed by atoms with Crippen molar-refractivity contribution in [2.45, 2.75) is 0 Å². The molecular weight excluding hydrogens is 406 g/mol. The van der Waals surface area contributed by atoms with E-state index < -0.39 is 22.5 Å². The van der Waals surface area contributed by atoms with Crippen LogP contribution in [0, 0.1) is 0 Å². The van der Waals surface area contributed by atoms with Crippen molar-refractivity contribution < 1.29 is 22.7 Å². The number of rotatable bonds is 6. The minimum Gasteiger partial charge on any atom is -0.454 e. The third-order valence-corrected chi connectivity index (χ3v) is 5.65. The van der Waals surface area contributed by atoms with E-state index in [1.807, 2.05) is 30.3 Å². The lowest BCUT2D eigenvalue weighted by Gasteiger charge is -2.23. The first-order chi connectivity index (χ1) is 14.4. The van der Waals surface area contributed by atoms with Gasteiger partial charge in [0.1, 0.15) is 6.54 Å². The average molecular weight is 425 g/mol. The van der Waals surface area contributed by atoms with E-state index in [9.17, 15) is 13.2 Å². The molecule has 1 N–H and O–H groups in total. The SMILES string of the molecule is CS(=O)(=O)N(CC(=O)NN=Cc1ccc2c(c1)OCO2)c1cccc2ccccc12. The van der Waals surface area contributed by atoms with Gasteiger partial charge in [-0.25, -0.2) is 13.8 Å². The highest BCUT2D eigenvalue weighted by Gasteiger charge is 2.22. The predicted octanol–water partition coefficient (Wildman–Crippen LogP) is 2.48. The lowest BCUT2D eigenvalue weighted by molar-refractivity contribution is -0.119. The number of hydrazone groups is 1. The monoisotopic (exact) mass is 425 g/mol. The molecule has 0 fully saturated rings. The zero-order valence-electron chi connectivity index (χ0n) is 16.1. The number of amides is 1. The van der Waals surface area contributed by atoms with Gasteiger partial charge in [-0.3, -0.25) is 9.10 Å². The van der Waals surface area contributed by atoms with Crippen molar-refractivity contribution in [3.63, 3.8) is 0 Å². The Morgan fingerprint density at radius 2 is 1.87 bits per heavy atom. The van der Waals surface area contributed by atoms with Crippen molar-refractivity contribution in [3.8, 4) is 11.5 Å². The molecule has 1 aliphatic heterocycles. The maximum absolute atomic E-state index is 12.4. The smallest absolute Gasteiger partial charge is 0.260 e. The second-order valence-corrected chi connectivity index (χ2v) is 8.58. The Morgan fingerprint density at radius 1 is 1.10 bits per heavy atom. The van der Waals surface area contributed by atoms with Crippen molar-refractivity contribution in [2.24, 2.45) is 5.10 Å². The number of nitrogens with zero attached hydrogens (tertiary/aromatic N) is 2. The molecule has 4 rings (SSSR count). The van der Waals surface area contributed by atoms with E-state index in [0.717, 1.165) is 21.3 Å². The molecule has 0 saturated heterocycles. The number of nitrogens with one attached hydrogen (secondary N) is 1. The van der Waals surface area contributed by atoms with E-state index >= 15 is 0 Å². The molecule has 0 atom stereocenters. The molecule has 0 unspecified atom stereocenters. The summed E-state index contributed by atoms with van der Waals surface area (Å²) >= 11 is 0. The fourth-order valence-electron chi connectivity index (χ4n) is 3.14. The maximum atomic E-state index is 12.4. The Bertz CT molecular complexity index is 1240. The minimum absolute atomic E-state index is 0.169. The predicted molar refractivity (Wildman–Crippen MR) is 114 cm³/mol. The Labute approximate surface area is 173 Å². The summed E-state index contributed by atoms with van der Waals surface area (Å²) in [6, 6.07) is 18.0. The second-order valence-electron chi connectivity index (χ2n) is 6.67. The highest BCUT2D eigenvalue weighted by atomic mass is 32.2. The lowest BCUT2D eigenvalue weighted by Crippen LogP contribution is -2.39. The molecule has 154 valence electrons. The Hall–Kier alpha value is -3.59. The van der Waals surface area contributed by atoms with Gasteiger partial charge in [-0.15, -0.1) is 0 Å². The van der Waals surface area contributed by atoms with Crippen LogP contribution in [0.2, 0.25) is 0 Å². The second kappa shape index (κ2) is 8.03. The molecule has 8 nitrogen and oxygen atoms in total. The standard InChI is InChI=1S/C21H19N3O5S/c1-30(26,27)24(18-8-4-6-16-5-2-3-7-17(16)18)13-21(25)23-22-12-15-9-10-19-20(11-15)29-14-28-19/h2-12H,13-14H2,1H3,(H,23,25). The van der Waals surface area contributed by atoms with Gasteiger partial charge in [0.2, 0.25) is 16.8 Å². The fourth-order valence-corrected chi connectivity index (χ4v) is 4.01. The van der Waals surface area contributed by atoms with Gasteiger partial charge in [-0.05, 0) is 35.2 Å². The normalized spacial score (nSPS) is 13.0. The molecule has 3 aromatic carbocycles. The third-order valence-electron chi connectivity index (χ3n) is 4.52. The fraction of sp³-hybridized carbons (Fsp3) is 0.143. The summed E-state index contributed by atoms with van der Waals surface area (Å²) in [7, 11) is -3.70.